The monoisotopic (exact) mass is 153 g/mol. The van der Waals surface area contributed by atoms with Crippen LogP contribution < -0.4 is 4.89 Å². The fourth-order valence-electron chi connectivity index (χ4n) is 0.440. The SMILES string of the molecule is O=P1([O-])OCC(O)CO1. The Kier molecular flexibility index (Phi) is 1.88. The van der Waals surface area contributed by atoms with Crippen molar-refractivity contribution in [2.24, 2.45) is 0 Å². The van der Waals surface area contributed by atoms with Gasteiger partial charge < -0.3 is 19.0 Å². The van der Waals surface area contributed by atoms with Crippen LogP contribution in [0.25, 0.3) is 0 Å². The predicted molar refractivity (Wildman–Crippen MR) is 25.5 cm³/mol. The molecule has 5 nitrogen and oxygen atoms in total. The highest BCUT2D eigenvalue weighted by atomic mass is 31.2. The van der Waals surface area contributed by atoms with Crippen molar-refractivity contribution in [2.45, 2.75) is 6.10 Å². The summed E-state index contributed by atoms with van der Waals surface area (Å²) in [5.74, 6) is 0. The molecule has 54 valence electrons. The van der Waals surface area contributed by atoms with Gasteiger partial charge in [-0.25, -0.2) is 0 Å². The second-order valence-corrected chi connectivity index (χ2v) is 3.10. The number of phosphoric acid groups is 1. The van der Waals surface area contributed by atoms with Crippen LogP contribution in [0.5, 0.6) is 0 Å². The fourth-order valence-corrected chi connectivity index (χ4v) is 1.22. The van der Waals surface area contributed by atoms with Crippen LogP contribution in [-0.2, 0) is 13.6 Å². The summed E-state index contributed by atoms with van der Waals surface area (Å²) in [5.41, 5.74) is 0. The second-order valence-electron chi connectivity index (χ2n) is 1.69. The van der Waals surface area contributed by atoms with Gasteiger partial charge in [0.15, 0.2) is 0 Å². The van der Waals surface area contributed by atoms with Crippen molar-refractivity contribution in [3.63, 3.8) is 0 Å². The topological polar surface area (TPSA) is 78.8 Å². The highest BCUT2D eigenvalue weighted by Gasteiger charge is 2.20. The maximum absolute atomic E-state index is 10.3. The molecule has 1 heterocycles. The second kappa shape index (κ2) is 2.36. The predicted octanol–water partition coefficient (Wildman–Crippen LogP) is -1.14. The van der Waals surface area contributed by atoms with Gasteiger partial charge >= 0.3 is 0 Å². The molecule has 6 heteroatoms. The molecule has 0 amide bonds. The maximum Gasteiger partial charge on any atom is 0.268 e. The summed E-state index contributed by atoms with van der Waals surface area (Å²) in [6.07, 6.45) is -0.818. The van der Waals surface area contributed by atoms with Gasteiger partial charge in [0.1, 0.15) is 6.10 Å². The van der Waals surface area contributed by atoms with Gasteiger partial charge in [-0.05, 0) is 0 Å². The average Bonchev–Trinajstić information content (AvgIpc) is 1.78. The van der Waals surface area contributed by atoms with Gasteiger partial charge in [-0.1, -0.05) is 0 Å². The Morgan fingerprint density at radius 2 is 2.00 bits per heavy atom. The molecule has 0 atom stereocenters. The number of rotatable bonds is 0. The first kappa shape index (κ1) is 7.18. The number of aliphatic hydroxyl groups excluding tert-OH is 1. The first-order chi connectivity index (χ1) is 4.10. The first-order valence-corrected chi connectivity index (χ1v) is 3.84. The normalized spacial score (nSPS) is 44.9. The number of phosphoric ester groups is 1. The number of hydrogen-bond donors (Lipinski definition) is 1. The Hall–Kier alpha value is 0.0700. The third kappa shape index (κ3) is 2.04. The van der Waals surface area contributed by atoms with Crippen molar-refractivity contribution in [2.75, 3.05) is 13.2 Å². The molecule has 1 saturated heterocycles. The van der Waals surface area contributed by atoms with E-state index < -0.39 is 13.9 Å². The van der Waals surface area contributed by atoms with Gasteiger partial charge in [0, 0.05) is 0 Å². The Bertz CT molecular complexity index is 133. The van der Waals surface area contributed by atoms with Gasteiger partial charge in [0.05, 0.1) is 13.2 Å². The summed E-state index contributed by atoms with van der Waals surface area (Å²) in [7, 11) is -4.03. The minimum absolute atomic E-state index is 0.194. The van der Waals surface area contributed by atoms with Gasteiger partial charge in [-0.2, -0.15) is 0 Å². The summed E-state index contributed by atoms with van der Waals surface area (Å²) >= 11 is 0. The van der Waals surface area contributed by atoms with Crippen LogP contribution in [-0.4, -0.2) is 24.4 Å². The quantitative estimate of drug-likeness (QED) is 0.445. The van der Waals surface area contributed by atoms with Gasteiger partial charge in [-0.3, -0.25) is 4.57 Å². The summed E-state index contributed by atoms with van der Waals surface area (Å²) in [6.45, 7) is -0.387. The Morgan fingerprint density at radius 3 is 2.33 bits per heavy atom. The molecule has 0 saturated carbocycles. The van der Waals surface area contributed by atoms with E-state index in [0.717, 1.165) is 0 Å². The molecule has 0 aliphatic carbocycles. The summed E-state index contributed by atoms with van der Waals surface area (Å²) in [4.78, 5) is 10.3. The van der Waals surface area contributed by atoms with Gasteiger partial charge in [0.25, 0.3) is 7.82 Å². The lowest BCUT2D eigenvalue weighted by Crippen LogP contribution is -2.29. The van der Waals surface area contributed by atoms with Crippen molar-refractivity contribution in [1.29, 1.82) is 0 Å². The number of hydrogen-bond acceptors (Lipinski definition) is 5. The van der Waals surface area contributed by atoms with E-state index in [9.17, 15) is 9.46 Å². The van der Waals surface area contributed by atoms with Crippen LogP contribution in [0.1, 0.15) is 0 Å². The van der Waals surface area contributed by atoms with Crippen molar-refractivity contribution >= 4 is 7.82 Å². The zero-order valence-corrected chi connectivity index (χ0v) is 5.41. The standard InChI is InChI=1S/C3H7O5P/c4-3-1-7-9(5,6)8-2-3/h3-4H,1-2H2,(H,5,6)/p-1. The molecule has 1 fully saturated rings. The molecule has 0 radical (unpaired) electrons. The van der Waals surface area contributed by atoms with Crippen molar-refractivity contribution < 1.29 is 23.6 Å². The molecule has 1 aliphatic heterocycles. The van der Waals surface area contributed by atoms with E-state index in [4.69, 9.17) is 5.11 Å². The summed E-state index contributed by atoms with van der Waals surface area (Å²) in [6, 6.07) is 0. The minimum Gasteiger partial charge on any atom is -0.756 e. The molecule has 1 rings (SSSR count). The van der Waals surface area contributed by atoms with E-state index in [1.165, 1.54) is 0 Å². The zero-order valence-electron chi connectivity index (χ0n) is 4.52. The summed E-state index contributed by atoms with van der Waals surface area (Å²) in [5, 5.41) is 8.63. The molecule has 9 heavy (non-hydrogen) atoms. The zero-order chi connectivity index (χ0) is 6.91. The van der Waals surface area contributed by atoms with Crippen LogP contribution in [0.15, 0.2) is 0 Å². The van der Waals surface area contributed by atoms with Crippen LogP contribution in [0.3, 0.4) is 0 Å². The Labute approximate surface area is 51.8 Å². The van der Waals surface area contributed by atoms with E-state index in [0.29, 0.717) is 0 Å². The Balaban J connectivity index is 2.44. The Morgan fingerprint density at radius 1 is 1.56 bits per heavy atom. The minimum atomic E-state index is -4.03. The lowest BCUT2D eigenvalue weighted by molar-refractivity contribution is -0.237. The lowest BCUT2D eigenvalue weighted by Gasteiger charge is -2.29. The summed E-state index contributed by atoms with van der Waals surface area (Å²) < 4.78 is 18.5. The van der Waals surface area contributed by atoms with E-state index in [2.05, 4.69) is 9.05 Å². The molecular weight excluding hydrogens is 147 g/mol. The van der Waals surface area contributed by atoms with Crippen LogP contribution in [0.2, 0.25) is 0 Å². The first-order valence-electron chi connectivity index (χ1n) is 2.38. The molecule has 0 unspecified atom stereocenters. The number of aliphatic hydroxyl groups is 1. The third-order valence-electron chi connectivity index (χ3n) is 0.850. The van der Waals surface area contributed by atoms with Crippen molar-refractivity contribution in [3.8, 4) is 0 Å². The highest BCUT2D eigenvalue weighted by Crippen LogP contribution is 2.40. The molecule has 1 aliphatic rings. The van der Waals surface area contributed by atoms with Crippen molar-refractivity contribution in [3.05, 3.63) is 0 Å². The molecule has 0 aromatic rings. The lowest BCUT2D eigenvalue weighted by atomic mass is 10.4. The third-order valence-corrected chi connectivity index (χ3v) is 1.78. The van der Waals surface area contributed by atoms with E-state index in [1.807, 2.05) is 0 Å². The highest BCUT2D eigenvalue weighted by molar-refractivity contribution is 7.45. The average molecular weight is 153 g/mol. The van der Waals surface area contributed by atoms with E-state index >= 15 is 0 Å². The van der Waals surface area contributed by atoms with Crippen LogP contribution in [0, 0.1) is 0 Å². The van der Waals surface area contributed by atoms with Gasteiger partial charge in [0.2, 0.25) is 0 Å². The van der Waals surface area contributed by atoms with E-state index in [1.54, 1.807) is 0 Å². The molecule has 0 aromatic heterocycles. The molecule has 0 spiro atoms. The molecule has 0 aromatic carbocycles. The fraction of sp³-hybridized carbons (Fsp3) is 1.00. The van der Waals surface area contributed by atoms with Gasteiger partial charge in [-0.15, -0.1) is 0 Å². The maximum atomic E-state index is 10.3. The molecule has 1 N–H and O–H groups in total. The van der Waals surface area contributed by atoms with Crippen LogP contribution in [0.4, 0.5) is 0 Å². The smallest absolute Gasteiger partial charge is 0.268 e. The molecule has 0 bridgehead atoms. The molecular formula is C3H6O5P-. The van der Waals surface area contributed by atoms with Crippen molar-refractivity contribution in [1.82, 2.24) is 0 Å². The largest absolute Gasteiger partial charge is 0.756 e. The van der Waals surface area contributed by atoms with E-state index in [-0.39, 0.29) is 13.2 Å². The van der Waals surface area contributed by atoms with Crippen LogP contribution >= 0.6 is 7.82 Å².